The Kier molecular flexibility index (Phi) is 6.99. The van der Waals surface area contributed by atoms with Gasteiger partial charge in [-0.25, -0.2) is 0 Å². The number of hydrogen-bond acceptors (Lipinski definition) is 4. The summed E-state index contributed by atoms with van der Waals surface area (Å²) in [5.74, 6) is 5.15. The smallest absolute Gasteiger partial charge is 0.307 e. The maximum Gasteiger partial charge on any atom is 0.307 e. The normalized spacial score (nSPS) is 9.48. The predicted octanol–water partition coefficient (Wildman–Crippen LogP) is 1.02. The van der Waals surface area contributed by atoms with Crippen LogP contribution in [0.5, 0.6) is 0 Å². The van der Waals surface area contributed by atoms with Crippen molar-refractivity contribution < 1.29 is 19.4 Å². The fourth-order valence-corrected chi connectivity index (χ4v) is 1.71. The lowest BCUT2D eigenvalue weighted by Gasteiger charge is -2.08. The number of carbonyl (C=O) groups is 2. The second-order valence-electron chi connectivity index (χ2n) is 4.34. The van der Waals surface area contributed by atoms with E-state index in [4.69, 9.17) is 5.11 Å². The Hall–Kier alpha value is -2.32. The Labute approximate surface area is 124 Å². The number of amides is 1. The van der Waals surface area contributed by atoms with Crippen LogP contribution < -0.4 is 5.32 Å². The van der Waals surface area contributed by atoms with Crippen molar-refractivity contribution in [2.45, 2.75) is 19.8 Å². The van der Waals surface area contributed by atoms with Crippen molar-refractivity contribution in [2.24, 2.45) is 0 Å². The number of methoxy groups -OCH3 is 1. The molecule has 5 nitrogen and oxygen atoms in total. The molecule has 2 N–H and O–H groups in total. The van der Waals surface area contributed by atoms with Gasteiger partial charge in [0.05, 0.1) is 20.1 Å². The summed E-state index contributed by atoms with van der Waals surface area (Å²) < 4.78 is 4.51. The van der Waals surface area contributed by atoms with E-state index in [1.54, 1.807) is 12.1 Å². The van der Waals surface area contributed by atoms with Crippen LogP contribution >= 0.6 is 0 Å². The van der Waals surface area contributed by atoms with Gasteiger partial charge in [0.1, 0.15) is 0 Å². The average Bonchev–Trinajstić information content (AvgIpc) is 2.48. The Morgan fingerprint density at radius 2 is 2.14 bits per heavy atom. The Morgan fingerprint density at radius 3 is 2.81 bits per heavy atom. The fraction of sp³-hybridized carbons (Fsp3) is 0.375. The van der Waals surface area contributed by atoms with Crippen molar-refractivity contribution in [3.05, 3.63) is 34.9 Å². The van der Waals surface area contributed by atoms with Crippen molar-refractivity contribution in [3.63, 3.8) is 0 Å². The number of rotatable bonds is 5. The number of ether oxygens (including phenoxy) is 1. The van der Waals surface area contributed by atoms with Crippen molar-refractivity contribution in [3.8, 4) is 11.8 Å². The van der Waals surface area contributed by atoms with Crippen LogP contribution in [0, 0.1) is 18.8 Å². The summed E-state index contributed by atoms with van der Waals surface area (Å²) in [5.41, 5.74) is 2.05. The van der Waals surface area contributed by atoms with Crippen molar-refractivity contribution in [1.29, 1.82) is 0 Å². The van der Waals surface area contributed by atoms with Crippen LogP contribution in [0.2, 0.25) is 0 Å². The standard InChI is InChI=1S/C16H19NO4/c1-12-13(6-3-4-11-18)7-5-8-14(12)16(20)17-10-9-15(19)21-2/h5,7-8,18H,4,9-11H2,1-2H3,(H,17,20). The van der Waals surface area contributed by atoms with Gasteiger partial charge in [-0.3, -0.25) is 9.59 Å². The van der Waals surface area contributed by atoms with Gasteiger partial charge in [0.2, 0.25) is 0 Å². The van der Waals surface area contributed by atoms with Crippen LogP contribution in [-0.2, 0) is 9.53 Å². The third-order valence-corrected chi connectivity index (χ3v) is 2.88. The molecule has 1 aromatic rings. The molecule has 112 valence electrons. The lowest BCUT2D eigenvalue weighted by Crippen LogP contribution is -2.27. The molecule has 1 amide bonds. The van der Waals surface area contributed by atoms with Crippen LogP contribution in [0.25, 0.3) is 0 Å². The first-order valence-electron chi connectivity index (χ1n) is 6.64. The fourth-order valence-electron chi connectivity index (χ4n) is 1.71. The minimum atomic E-state index is -0.365. The Balaban J connectivity index is 2.75. The van der Waals surface area contributed by atoms with E-state index >= 15 is 0 Å². The Bertz CT molecular complexity index is 569. The maximum absolute atomic E-state index is 12.1. The highest BCUT2D eigenvalue weighted by Crippen LogP contribution is 2.13. The highest BCUT2D eigenvalue weighted by molar-refractivity contribution is 5.96. The molecule has 5 heteroatoms. The third-order valence-electron chi connectivity index (χ3n) is 2.88. The van der Waals surface area contributed by atoms with Crippen LogP contribution in [0.3, 0.4) is 0 Å². The molecule has 0 bridgehead atoms. The molecule has 0 aliphatic carbocycles. The first-order chi connectivity index (χ1) is 10.1. The summed E-state index contributed by atoms with van der Waals surface area (Å²) in [6.45, 7) is 2.06. The zero-order valence-electron chi connectivity index (χ0n) is 12.2. The number of aliphatic hydroxyl groups is 1. The second kappa shape index (κ2) is 8.77. The van der Waals surface area contributed by atoms with Gasteiger partial charge in [0, 0.05) is 24.1 Å². The minimum Gasteiger partial charge on any atom is -0.469 e. The van der Waals surface area contributed by atoms with Gasteiger partial charge in [-0.2, -0.15) is 0 Å². The van der Waals surface area contributed by atoms with Gasteiger partial charge in [-0.05, 0) is 24.6 Å². The largest absolute Gasteiger partial charge is 0.469 e. The first-order valence-corrected chi connectivity index (χ1v) is 6.64. The number of carbonyl (C=O) groups excluding carboxylic acids is 2. The van der Waals surface area contributed by atoms with E-state index in [2.05, 4.69) is 21.9 Å². The van der Waals surface area contributed by atoms with Gasteiger partial charge in [-0.15, -0.1) is 0 Å². The van der Waals surface area contributed by atoms with Crippen molar-refractivity contribution in [2.75, 3.05) is 20.3 Å². The molecule has 0 aliphatic heterocycles. The summed E-state index contributed by atoms with van der Waals surface area (Å²) in [6.07, 6.45) is 0.534. The molecule has 0 fully saturated rings. The molecule has 0 aliphatic rings. The minimum absolute atomic E-state index is 0.0136. The highest BCUT2D eigenvalue weighted by atomic mass is 16.5. The van der Waals surface area contributed by atoms with E-state index in [1.807, 2.05) is 13.0 Å². The summed E-state index contributed by atoms with van der Waals surface area (Å²) >= 11 is 0. The van der Waals surface area contributed by atoms with Crippen LogP contribution in [-0.4, -0.2) is 37.2 Å². The number of hydrogen-bond donors (Lipinski definition) is 2. The molecule has 21 heavy (non-hydrogen) atoms. The molecule has 0 saturated carbocycles. The molecule has 0 spiro atoms. The van der Waals surface area contributed by atoms with E-state index < -0.39 is 0 Å². The molecule has 1 aromatic carbocycles. The van der Waals surface area contributed by atoms with E-state index in [0.717, 1.165) is 11.1 Å². The number of aliphatic hydroxyl groups excluding tert-OH is 1. The van der Waals surface area contributed by atoms with Crippen LogP contribution in [0.15, 0.2) is 18.2 Å². The topological polar surface area (TPSA) is 75.6 Å². The molecule has 0 radical (unpaired) electrons. The average molecular weight is 289 g/mol. The zero-order chi connectivity index (χ0) is 15.7. The summed E-state index contributed by atoms with van der Waals surface area (Å²) in [7, 11) is 1.31. The lowest BCUT2D eigenvalue weighted by atomic mass is 10.0. The van der Waals surface area contributed by atoms with E-state index in [-0.39, 0.29) is 31.4 Å². The molecular weight excluding hydrogens is 270 g/mol. The zero-order valence-corrected chi connectivity index (χ0v) is 12.2. The third kappa shape index (κ3) is 5.28. The molecule has 1 rings (SSSR count). The van der Waals surface area contributed by atoms with Crippen LogP contribution in [0.1, 0.15) is 34.3 Å². The number of benzene rings is 1. The van der Waals surface area contributed by atoms with E-state index in [0.29, 0.717) is 12.0 Å². The van der Waals surface area contributed by atoms with Crippen molar-refractivity contribution >= 4 is 11.9 Å². The maximum atomic E-state index is 12.1. The predicted molar refractivity (Wildman–Crippen MR) is 78.7 cm³/mol. The van der Waals surface area contributed by atoms with Crippen molar-refractivity contribution in [1.82, 2.24) is 5.32 Å². The number of esters is 1. The summed E-state index contributed by atoms with van der Waals surface area (Å²) in [4.78, 5) is 23.1. The molecule has 0 aromatic heterocycles. The SMILES string of the molecule is COC(=O)CCNC(=O)c1cccc(C#CCCO)c1C. The molecule has 0 unspecified atom stereocenters. The Morgan fingerprint density at radius 1 is 1.38 bits per heavy atom. The quantitative estimate of drug-likeness (QED) is 0.627. The van der Waals surface area contributed by atoms with Gasteiger partial charge in [0.25, 0.3) is 5.91 Å². The highest BCUT2D eigenvalue weighted by Gasteiger charge is 2.11. The van der Waals surface area contributed by atoms with Gasteiger partial charge in [-0.1, -0.05) is 17.9 Å². The molecule has 0 atom stereocenters. The first kappa shape index (κ1) is 16.7. The molecule has 0 heterocycles. The number of nitrogens with one attached hydrogen (secondary N) is 1. The monoisotopic (exact) mass is 289 g/mol. The van der Waals surface area contributed by atoms with Gasteiger partial charge in [0.15, 0.2) is 0 Å². The van der Waals surface area contributed by atoms with Gasteiger partial charge >= 0.3 is 5.97 Å². The van der Waals surface area contributed by atoms with E-state index in [9.17, 15) is 9.59 Å². The summed E-state index contributed by atoms with van der Waals surface area (Å²) in [6, 6.07) is 5.29. The summed E-state index contributed by atoms with van der Waals surface area (Å²) in [5, 5.41) is 11.4. The second-order valence-corrected chi connectivity index (χ2v) is 4.34. The van der Waals surface area contributed by atoms with Crippen LogP contribution in [0.4, 0.5) is 0 Å². The van der Waals surface area contributed by atoms with Gasteiger partial charge < -0.3 is 15.2 Å². The van der Waals surface area contributed by atoms with E-state index in [1.165, 1.54) is 7.11 Å². The lowest BCUT2D eigenvalue weighted by molar-refractivity contribution is -0.140. The molecule has 0 saturated heterocycles. The molecular formula is C16H19NO4.